The molecule has 0 saturated heterocycles. The molecule has 0 spiro atoms. The van der Waals surface area contributed by atoms with E-state index in [9.17, 15) is 9.18 Å². The molecule has 4 aromatic rings. The van der Waals surface area contributed by atoms with E-state index < -0.39 is 0 Å². The monoisotopic (exact) mass is 431 g/mol. The van der Waals surface area contributed by atoms with Crippen LogP contribution >= 0.6 is 11.8 Å². The zero-order valence-corrected chi connectivity index (χ0v) is 18.1. The van der Waals surface area contributed by atoms with Gasteiger partial charge in [0, 0.05) is 29.9 Å². The topological polar surface area (TPSA) is 46.1 Å². The number of thioether (sulfide) groups is 1. The van der Waals surface area contributed by atoms with Gasteiger partial charge in [-0.15, -0.1) is 10.2 Å². The second-order valence-corrected chi connectivity index (χ2v) is 8.68. The Morgan fingerprint density at radius 2 is 1.68 bits per heavy atom. The molecule has 0 bridgehead atoms. The lowest BCUT2D eigenvalue weighted by Gasteiger charge is -2.21. The Labute approximate surface area is 185 Å². The second-order valence-electron chi connectivity index (χ2n) is 7.35. The predicted molar refractivity (Wildman–Crippen MR) is 123 cm³/mol. The number of fused-ring (bicyclic) bond motifs is 1. The molecule has 3 aromatic carbocycles. The summed E-state index contributed by atoms with van der Waals surface area (Å²) >= 11 is 1.39. The van der Waals surface area contributed by atoms with Crippen molar-refractivity contribution in [2.24, 2.45) is 0 Å². The first kappa shape index (κ1) is 21.0. The molecule has 31 heavy (non-hydrogen) atoms. The maximum atomic E-state index is 13.4. The summed E-state index contributed by atoms with van der Waals surface area (Å²) < 4.78 is 13.4. The number of amides is 1. The van der Waals surface area contributed by atoms with E-state index in [0.717, 1.165) is 32.6 Å². The molecule has 1 heterocycles. The number of hydrogen-bond acceptors (Lipinski definition) is 4. The van der Waals surface area contributed by atoms with Gasteiger partial charge in [-0.05, 0) is 24.6 Å². The summed E-state index contributed by atoms with van der Waals surface area (Å²) in [6.45, 7) is 2.21. The fourth-order valence-electron chi connectivity index (χ4n) is 3.49. The van der Waals surface area contributed by atoms with Gasteiger partial charge in [0.25, 0.3) is 0 Å². The molecule has 0 aliphatic carbocycles. The normalized spacial score (nSPS) is 12.0. The summed E-state index contributed by atoms with van der Waals surface area (Å²) in [5, 5.41) is 11.2. The zero-order valence-electron chi connectivity index (χ0n) is 17.3. The van der Waals surface area contributed by atoms with Gasteiger partial charge >= 0.3 is 0 Å². The highest BCUT2D eigenvalue weighted by Crippen LogP contribution is 2.33. The molecule has 4 nitrogen and oxygen atoms in total. The van der Waals surface area contributed by atoms with Crippen LogP contribution in [0.4, 0.5) is 4.39 Å². The third kappa shape index (κ3) is 4.75. The number of carbonyl (C=O) groups is 1. The van der Waals surface area contributed by atoms with Crippen molar-refractivity contribution in [3.8, 4) is 11.3 Å². The van der Waals surface area contributed by atoms with E-state index in [-0.39, 0.29) is 17.0 Å². The Hall–Kier alpha value is -3.25. The van der Waals surface area contributed by atoms with Crippen molar-refractivity contribution < 1.29 is 9.18 Å². The smallest absolute Gasteiger partial charge is 0.235 e. The van der Waals surface area contributed by atoms with Gasteiger partial charge in [-0.2, -0.15) is 0 Å². The second kappa shape index (κ2) is 9.27. The van der Waals surface area contributed by atoms with Gasteiger partial charge in [0.05, 0.1) is 5.25 Å². The molecule has 6 heteroatoms. The fourth-order valence-corrected chi connectivity index (χ4v) is 4.50. The number of carbonyl (C=O) groups excluding carboxylic acids is 1. The number of halogens is 1. The number of rotatable bonds is 6. The molecule has 1 atom stereocenters. The lowest BCUT2D eigenvalue weighted by molar-refractivity contribution is -0.129. The van der Waals surface area contributed by atoms with Gasteiger partial charge in [-0.25, -0.2) is 4.39 Å². The summed E-state index contributed by atoms with van der Waals surface area (Å²) in [6, 6.07) is 24.2. The van der Waals surface area contributed by atoms with Crippen LogP contribution in [0.5, 0.6) is 0 Å². The van der Waals surface area contributed by atoms with E-state index in [0.29, 0.717) is 6.54 Å². The van der Waals surface area contributed by atoms with E-state index in [1.807, 2.05) is 67.6 Å². The quantitative estimate of drug-likeness (QED) is 0.374. The average Bonchev–Trinajstić information content (AvgIpc) is 2.79. The maximum absolute atomic E-state index is 13.4. The molecular formula is C25H22FN3OS. The zero-order chi connectivity index (χ0) is 21.8. The number of aromatic nitrogens is 2. The molecule has 1 aromatic heterocycles. The average molecular weight is 432 g/mol. The molecule has 0 aliphatic rings. The van der Waals surface area contributed by atoms with Crippen molar-refractivity contribution in [3.63, 3.8) is 0 Å². The van der Waals surface area contributed by atoms with E-state index in [1.165, 1.54) is 23.9 Å². The highest BCUT2D eigenvalue weighted by Gasteiger charge is 2.21. The first-order chi connectivity index (χ1) is 15.0. The molecule has 0 saturated carbocycles. The number of nitrogens with zero attached hydrogens (tertiary/aromatic N) is 3. The lowest BCUT2D eigenvalue weighted by atomic mass is 10.1. The molecule has 1 unspecified atom stereocenters. The van der Waals surface area contributed by atoms with Crippen molar-refractivity contribution in [1.29, 1.82) is 0 Å². The van der Waals surface area contributed by atoms with Crippen LogP contribution in [-0.4, -0.2) is 33.3 Å². The van der Waals surface area contributed by atoms with Crippen LogP contribution in [0.15, 0.2) is 83.9 Å². The molecule has 0 radical (unpaired) electrons. The Bertz CT molecular complexity index is 1220. The van der Waals surface area contributed by atoms with Gasteiger partial charge in [-0.3, -0.25) is 4.79 Å². The number of hydrogen-bond donors (Lipinski definition) is 0. The van der Waals surface area contributed by atoms with Crippen molar-refractivity contribution in [2.45, 2.75) is 23.7 Å². The van der Waals surface area contributed by atoms with Gasteiger partial charge in [0.2, 0.25) is 5.91 Å². The SMILES string of the molecule is CC(Sc1nnc(-c2ccccc2)c2ccccc12)C(=O)N(C)Cc1cccc(F)c1. The summed E-state index contributed by atoms with van der Waals surface area (Å²) in [6.07, 6.45) is 0. The molecule has 1 amide bonds. The summed E-state index contributed by atoms with van der Waals surface area (Å²) in [5.41, 5.74) is 2.58. The summed E-state index contributed by atoms with van der Waals surface area (Å²) in [5.74, 6) is -0.353. The predicted octanol–water partition coefficient (Wildman–Crippen LogP) is 5.58. The van der Waals surface area contributed by atoms with Crippen LogP contribution in [-0.2, 0) is 11.3 Å². The van der Waals surface area contributed by atoms with Gasteiger partial charge < -0.3 is 4.90 Å². The Kier molecular flexibility index (Phi) is 6.28. The minimum Gasteiger partial charge on any atom is -0.340 e. The summed E-state index contributed by atoms with van der Waals surface area (Å²) in [4.78, 5) is 14.5. The third-order valence-corrected chi connectivity index (χ3v) is 6.10. The molecule has 0 fully saturated rings. The molecule has 4 rings (SSSR count). The number of benzene rings is 3. The van der Waals surface area contributed by atoms with Gasteiger partial charge in [-0.1, -0.05) is 78.5 Å². The molecule has 156 valence electrons. The fraction of sp³-hybridized carbons (Fsp3) is 0.160. The Morgan fingerprint density at radius 3 is 2.42 bits per heavy atom. The Morgan fingerprint density at radius 1 is 0.968 bits per heavy atom. The lowest BCUT2D eigenvalue weighted by Crippen LogP contribution is -2.32. The summed E-state index contributed by atoms with van der Waals surface area (Å²) in [7, 11) is 1.73. The minimum atomic E-state index is -0.362. The highest BCUT2D eigenvalue weighted by atomic mass is 32.2. The largest absolute Gasteiger partial charge is 0.340 e. The van der Waals surface area contributed by atoms with Crippen LogP contribution in [0.3, 0.4) is 0 Å². The van der Waals surface area contributed by atoms with Crippen molar-refractivity contribution in [1.82, 2.24) is 15.1 Å². The van der Waals surface area contributed by atoms with E-state index >= 15 is 0 Å². The van der Waals surface area contributed by atoms with E-state index in [4.69, 9.17) is 0 Å². The molecule has 0 N–H and O–H groups in total. The van der Waals surface area contributed by atoms with Gasteiger partial charge in [0.15, 0.2) is 0 Å². The Balaban J connectivity index is 1.56. The first-order valence-corrected chi connectivity index (χ1v) is 10.9. The standard InChI is InChI=1S/C25H22FN3OS/c1-17(25(30)29(2)16-18-9-8-12-20(26)15-18)31-24-22-14-7-6-13-21(22)23(27-28-24)19-10-4-3-5-11-19/h3-15,17H,16H2,1-2H3. The van der Waals surface area contributed by atoms with Crippen LogP contribution < -0.4 is 0 Å². The molecule has 0 aliphatic heterocycles. The third-order valence-electron chi connectivity index (χ3n) is 5.02. The van der Waals surface area contributed by atoms with Crippen molar-refractivity contribution in [3.05, 3.63) is 90.2 Å². The van der Waals surface area contributed by atoms with Crippen molar-refractivity contribution in [2.75, 3.05) is 7.05 Å². The minimum absolute atomic E-state index is 0.0488. The van der Waals surface area contributed by atoms with E-state index in [2.05, 4.69) is 10.2 Å². The first-order valence-electron chi connectivity index (χ1n) is 10.00. The van der Waals surface area contributed by atoms with Crippen LogP contribution in [0.2, 0.25) is 0 Å². The molecular weight excluding hydrogens is 409 g/mol. The van der Waals surface area contributed by atoms with Crippen molar-refractivity contribution >= 4 is 28.4 Å². The van der Waals surface area contributed by atoms with Crippen LogP contribution in [0.1, 0.15) is 12.5 Å². The van der Waals surface area contributed by atoms with Crippen LogP contribution in [0.25, 0.3) is 22.0 Å². The van der Waals surface area contributed by atoms with E-state index in [1.54, 1.807) is 18.0 Å². The highest BCUT2D eigenvalue weighted by molar-refractivity contribution is 8.00. The van der Waals surface area contributed by atoms with Gasteiger partial charge in [0.1, 0.15) is 16.5 Å². The van der Waals surface area contributed by atoms with Crippen LogP contribution in [0, 0.1) is 5.82 Å². The maximum Gasteiger partial charge on any atom is 0.235 e.